The van der Waals surface area contributed by atoms with E-state index in [4.69, 9.17) is 0 Å². The first-order chi connectivity index (χ1) is 9.12. The fourth-order valence-electron chi connectivity index (χ4n) is 2.70. The van der Waals surface area contributed by atoms with Gasteiger partial charge in [0.2, 0.25) is 0 Å². The van der Waals surface area contributed by atoms with E-state index < -0.39 is 5.60 Å². The van der Waals surface area contributed by atoms with Crippen molar-refractivity contribution in [2.24, 2.45) is 0 Å². The minimum atomic E-state index is -0.407. The number of aliphatic hydroxyl groups is 1. The molecule has 0 aromatic carbocycles. The van der Waals surface area contributed by atoms with Crippen LogP contribution in [0.5, 0.6) is 0 Å². The van der Waals surface area contributed by atoms with Crippen LogP contribution in [-0.2, 0) is 0 Å². The molecule has 19 heavy (non-hydrogen) atoms. The Labute approximate surface area is 122 Å². The second-order valence-corrected chi connectivity index (χ2v) is 6.53. The third-order valence-electron chi connectivity index (χ3n) is 4.14. The maximum absolute atomic E-state index is 10.3. The zero-order valence-corrected chi connectivity index (χ0v) is 13.8. The van der Waals surface area contributed by atoms with E-state index in [9.17, 15) is 5.11 Å². The molecule has 0 unspecified atom stereocenters. The van der Waals surface area contributed by atoms with Crippen molar-refractivity contribution >= 4 is 0 Å². The summed E-state index contributed by atoms with van der Waals surface area (Å²) < 4.78 is 0. The average Bonchev–Trinajstić information content (AvgIpc) is 2.38. The van der Waals surface area contributed by atoms with Crippen LogP contribution < -0.4 is 0 Å². The molecular weight excluding hydrogens is 232 g/mol. The molecule has 116 valence electrons. The normalized spacial score (nSPS) is 12.0. The summed E-state index contributed by atoms with van der Waals surface area (Å²) in [6.07, 6.45) is 17.8. The highest BCUT2D eigenvalue weighted by atomic mass is 16.3. The summed E-state index contributed by atoms with van der Waals surface area (Å²) in [5.74, 6) is 0. The maximum Gasteiger partial charge on any atom is 0.0619 e. The molecule has 0 aliphatic carbocycles. The summed E-state index contributed by atoms with van der Waals surface area (Å²) in [7, 11) is 0. The molecule has 0 atom stereocenters. The van der Waals surface area contributed by atoms with E-state index in [0.29, 0.717) is 0 Å². The summed E-state index contributed by atoms with van der Waals surface area (Å²) in [5.41, 5.74) is -0.407. The second-order valence-electron chi connectivity index (χ2n) is 6.53. The smallest absolute Gasteiger partial charge is 0.0619 e. The van der Waals surface area contributed by atoms with Crippen LogP contribution in [0.3, 0.4) is 0 Å². The molecule has 1 nitrogen and oxygen atoms in total. The summed E-state index contributed by atoms with van der Waals surface area (Å²) in [6.45, 7) is 6.54. The Morgan fingerprint density at radius 2 is 0.895 bits per heavy atom. The molecule has 0 aliphatic rings. The lowest BCUT2D eigenvalue weighted by atomic mass is 9.91. The van der Waals surface area contributed by atoms with Gasteiger partial charge in [-0.3, -0.25) is 0 Å². The van der Waals surface area contributed by atoms with Gasteiger partial charge in [0.05, 0.1) is 5.60 Å². The third kappa shape index (κ3) is 14.2. The van der Waals surface area contributed by atoms with Crippen molar-refractivity contribution in [2.45, 2.75) is 116 Å². The highest BCUT2D eigenvalue weighted by Gasteiger charge is 2.18. The predicted octanol–water partition coefficient (Wildman–Crippen LogP) is 6.24. The van der Waals surface area contributed by atoms with Gasteiger partial charge in [0.1, 0.15) is 0 Å². The minimum Gasteiger partial charge on any atom is -0.390 e. The van der Waals surface area contributed by atoms with E-state index >= 15 is 0 Å². The zero-order chi connectivity index (χ0) is 14.4. The summed E-state index contributed by atoms with van der Waals surface area (Å²) in [4.78, 5) is 0. The summed E-state index contributed by atoms with van der Waals surface area (Å²) >= 11 is 0. The van der Waals surface area contributed by atoms with Crippen LogP contribution >= 0.6 is 0 Å². The molecule has 0 aliphatic heterocycles. The van der Waals surface area contributed by atoms with Gasteiger partial charge in [-0.05, 0) is 19.8 Å². The summed E-state index contributed by atoms with van der Waals surface area (Å²) in [5, 5.41) is 10.3. The Kier molecular flexibility index (Phi) is 12.9. The molecule has 0 rings (SSSR count). The van der Waals surface area contributed by atoms with E-state index in [-0.39, 0.29) is 0 Å². The number of hydrogen-bond donors (Lipinski definition) is 1. The molecule has 1 heteroatoms. The van der Waals surface area contributed by atoms with Crippen molar-refractivity contribution < 1.29 is 5.11 Å². The van der Waals surface area contributed by atoms with Crippen LogP contribution in [0.25, 0.3) is 0 Å². The predicted molar refractivity (Wildman–Crippen MR) is 86.6 cm³/mol. The lowest BCUT2D eigenvalue weighted by molar-refractivity contribution is 0.0366. The molecule has 0 amide bonds. The fourth-order valence-corrected chi connectivity index (χ4v) is 2.70. The standard InChI is InChI=1S/C18H38O/c1-4-6-8-10-12-14-16-18(3,19)17-15-13-11-9-7-5-2/h19H,4-17H2,1-3H3. The van der Waals surface area contributed by atoms with E-state index in [0.717, 1.165) is 12.8 Å². The monoisotopic (exact) mass is 270 g/mol. The zero-order valence-electron chi connectivity index (χ0n) is 13.8. The third-order valence-corrected chi connectivity index (χ3v) is 4.14. The SMILES string of the molecule is CCCCCCCCC(C)(O)CCCCCCCC. The Bertz CT molecular complexity index is 157. The van der Waals surface area contributed by atoms with Crippen molar-refractivity contribution in [1.82, 2.24) is 0 Å². The van der Waals surface area contributed by atoms with Crippen LogP contribution in [0, 0.1) is 0 Å². The molecule has 1 N–H and O–H groups in total. The first-order valence-electron chi connectivity index (χ1n) is 8.84. The number of hydrogen-bond acceptors (Lipinski definition) is 1. The van der Waals surface area contributed by atoms with Gasteiger partial charge in [-0.1, -0.05) is 90.9 Å². The van der Waals surface area contributed by atoms with Gasteiger partial charge < -0.3 is 5.11 Å². The van der Waals surface area contributed by atoms with Crippen LogP contribution in [0.2, 0.25) is 0 Å². The lowest BCUT2D eigenvalue weighted by Crippen LogP contribution is -2.23. The van der Waals surface area contributed by atoms with Gasteiger partial charge in [-0.2, -0.15) is 0 Å². The molecule has 0 fully saturated rings. The van der Waals surface area contributed by atoms with Crippen LogP contribution in [0.1, 0.15) is 111 Å². The van der Waals surface area contributed by atoms with Gasteiger partial charge >= 0.3 is 0 Å². The molecule has 0 radical (unpaired) electrons. The van der Waals surface area contributed by atoms with Crippen LogP contribution in [0.15, 0.2) is 0 Å². The van der Waals surface area contributed by atoms with Crippen molar-refractivity contribution in [3.8, 4) is 0 Å². The van der Waals surface area contributed by atoms with Crippen LogP contribution in [-0.4, -0.2) is 10.7 Å². The molecule has 0 spiro atoms. The van der Waals surface area contributed by atoms with Crippen molar-refractivity contribution in [2.75, 3.05) is 0 Å². The Balaban J connectivity index is 3.36. The number of rotatable bonds is 14. The largest absolute Gasteiger partial charge is 0.390 e. The highest BCUT2D eigenvalue weighted by molar-refractivity contribution is 4.72. The highest BCUT2D eigenvalue weighted by Crippen LogP contribution is 2.22. The minimum absolute atomic E-state index is 0.407. The lowest BCUT2D eigenvalue weighted by Gasteiger charge is -2.23. The molecule has 0 aromatic rings. The van der Waals surface area contributed by atoms with Gasteiger partial charge in [0, 0.05) is 0 Å². The summed E-state index contributed by atoms with van der Waals surface area (Å²) in [6, 6.07) is 0. The van der Waals surface area contributed by atoms with E-state index in [1.54, 1.807) is 0 Å². The molecular formula is C18H38O. The van der Waals surface area contributed by atoms with E-state index in [2.05, 4.69) is 13.8 Å². The first kappa shape index (κ1) is 19.0. The van der Waals surface area contributed by atoms with Crippen molar-refractivity contribution in [3.63, 3.8) is 0 Å². The van der Waals surface area contributed by atoms with E-state index in [1.165, 1.54) is 77.0 Å². The second kappa shape index (κ2) is 13.0. The van der Waals surface area contributed by atoms with Crippen molar-refractivity contribution in [1.29, 1.82) is 0 Å². The molecule has 0 aromatic heterocycles. The molecule has 0 saturated heterocycles. The van der Waals surface area contributed by atoms with Crippen LogP contribution in [0.4, 0.5) is 0 Å². The molecule has 0 bridgehead atoms. The Morgan fingerprint density at radius 3 is 1.26 bits per heavy atom. The topological polar surface area (TPSA) is 20.2 Å². The average molecular weight is 271 g/mol. The maximum atomic E-state index is 10.3. The fraction of sp³-hybridized carbons (Fsp3) is 1.00. The van der Waals surface area contributed by atoms with Gasteiger partial charge in [0.25, 0.3) is 0 Å². The molecule has 0 heterocycles. The van der Waals surface area contributed by atoms with Crippen molar-refractivity contribution in [3.05, 3.63) is 0 Å². The van der Waals surface area contributed by atoms with Gasteiger partial charge in [-0.25, -0.2) is 0 Å². The quantitative estimate of drug-likeness (QED) is 0.370. The first-order valence-corrected chi connectivity index (χ1v) is 8.84. The van der Waals surface area contributed by atoms with Gasteiger partial charge in [0.15, 0.2) is 0 Å². The Morgan fingerprint density at radius 1 is 0.579 bits per heavy atom. The molecule has 0 saturated carbocycles. The Hall–Kier alpha value is -0.0400. The van der Waals surface area contributed by atoms with Gasteiger partial charge in [-0.15, -0.1) is 0 Å². The number of unbranched alkanes of at least 4 members (excludes halogenated alkanes) is 10. The van der Waals surface area contributed by atoms with E-state index in [1.807, 2.05) is 6.92 Å².